The van der Waals surface area contributed by atoms with E-state index in [2.05, 4.69) is 17.6 Å². The van der Waals surface area contributed by atoms with Crippen molar-refractivity contribution in [2.24, 2.45) is 0 Å². The zero-order chi connectivity index (χ0) is 12.0. The molecule has 1 rings (SSSR count). The summed E-state index contributed by atoms with van der Waals surface area (Å²) in [5, 5.41) is 6.49. The van der Waals surface area contributed by atoms with Crippen molar-refractivity contribution in [1.29, 1.82) is 0 Å². The van der Waals surface area contributed by atoms with Crippen LogP contribution in [-0.2, 0) is 0 Å². The van der Waals surface area contributed by atoms with Gasteiger partial charge in [-0.3, -0.25) is 0 Å². The third-order valence-electron chi connectivity index (χ3n) is 2.50. The lowest BCUT2D eigenvalue weighted by Gasteiger charge is -2.15. The number of ether oxygens (including phenoxy) is 2. The van der Waals surface area contributed by atoms with Gasteiger partial charge in [-0.1, -0.05) is 0 Å². The topological polar surface area (TPSA) is 42.5 Å². The predicted octanol–water partition coefficient (Wildman–Crippen LogP) is 1.72. The fourth-order valence-electron chi connectivity index (χ4n) is 1.32. The van der Waals surface area contributed by atoms with Crippen LogP contribution >= 0.6 is 0 Å². The molecule has 0 heterocycles. The van der Waals surface area contributed by atoms with Crippen LogP contribution in [0.25, 0.3) is 0 Å². The Morgan fingerprint density at radius 3 is 2.56 bits per heavy atom. The quantitative estimate of drug-likeness (QED) is 0.772. The maximum Gasteiger partial charge on any atom is 0.142 e. The highest BCUT2D eigenvalue weighted by Crippen LogP contribution is 2.28. The van der Waals surface area contributed by atoms with Crippen LogP contribution in [0.5, 0.6) is 11.5 Å². The molecule has 90 valence electrons. The number of nitrogens with one attached hydrogen (secondary N) is 2. The third-order valence-corrected chi connectivity index (χ3v) is 2.50. The molecular weight excluding hydrogens is 204 g/mol. The van der Waals surface area contributed by atoms with E-state index in [1.54, 1.807) is 14.2 Å². The van der Waals surface area contributed by atoms with Gasteiger partial charge in [0.15, 0.2) is 0 Å². The first-order valence-electron chi connectivity index (χ1n) is 5.34. The SMILES string of the molecule is CNC(C)CNc1cc(OC)ccc1OC. The summed E-state index contributed by atoms with van der Waals surface area (Å²) in [5.74, 6) is 1.64. The van der Waals surface area contributed by atoms with Gasteiger partial charge in [0.25, 0.3) is 0 Å². The Kier molecular flexibility index (Phi) is 4.92. The molecule has 0 saturated heterocycles. The average molecular weight is 224 g/mol. The van der Waals surface area contributed by atoms with E-state index >= 15 is 0 Å². The molecule has 1 atom stereocenters. The van der Waals surface area contributed by atoms with Gasteiger partial charge in [0.2, 0.25) is 0 Å². The molecule has 0 saturated carbocycles. The number of rotatable bonds is 6. The second-order valence-electron chi connectivity index (χ2n) is 3.64. The van der Waals surface area contributed by atoms with Gasteiger partial charge in [0, 0.05) is 18.7 Å². The van der Waals surface area contributed by atoms with Gasteiger partial charge in [0.1, 0.15) is 11.5 Å². The summed E-state index contributed by atoms with van der Waals surface area (Å²) in [4.78, 5) is 0. The second kappa shape index (κ2) is 6.23. The second-order valence-corrected chi connectivity index (χ2v) is 3.64. The number of likely N-dealkylation sites (N-methyl/N-ethyl adjacent to an activating group) is 1. The van der Waals surface area contributed by atoms with Gasteiger partial charge in [-0.05, 0) is 26.1 Å². The largest absolute Gasteiger partial charge is 0.497 e. The zero-order valence-corrected chi connectivity index (χ0v) is 10.3. The maximum atomic E-state index is 5.27. The number of hydrogen-bond donors (Lipinski definition) is 2. The van der Waals surface area contributed by atoms with E-state index in [0.29, 0.717) is 6.04 Å². The van der Waals surface area contributed by atoms with Gasteiger partial charge < -0.3 is 20.1 Å². The van der Waals surface area contributed by atoms with Crippen LogP contribution in [0.3, 0.4) is 0 Å². The standard InChI is InChI=1S/C12H20N2O2/c1-9(13-2)8-14-11-7-10(15-3)5-6-12(11)16-4/h5-7,9,13-14H,8H2,1-4H3. The number of methoxy groups -OCH3 is 2. The summed E-state index contributed by atoms with van der Waals surface area (Å²) in [6, 6.07) is 6.11. The summed E-state index contributed by atoms with van der Waals surface area (Å²) in [6.45, 7) is 2.94. The smallest absolute Gasteiger partial charge is 0.142 e. The summed E-state index contributed by atoms with van der Waals surface area (Å²) in [6.07, 6.45) is 0. The minimum Gasteiger partial charge on any atom is -0.497 e. The lowest BCUT2D eigenvalue weighted by Crippen LogP contribution is -2.29. The zero-order valence-electron chi connectivity index (χ0n) is 10.3. The van der Waals surface area contributed by atoms with Crippen molar-refractivity contribution < 1.29 is 9.47 Å². The van der Waals surface area contributed by atoms with Gasteiger partial charge in [-0.15, -0.1) is 0 Å². The average Bonchev–Trinajstić information content (AvgIpc) is 2.35. The van der Waals surface area contributed by atoms with E-state index in [0.717, 1.165) is 23.7 Å². The molecule has 4 heteroatoms. The van der Waals surface area contributed by atoms with E-state index < -0.39 is 0 Å². The monoisotopic (exact) mass is 224 g/mol. The van der Waals surface area contributed by atoms with Crippen LogP contribution < -0.4 is 20.1 Å². The molecule has 1 aromatic carbocycles. The van der Waals surface area contributed by atoms with Gasteiger partial charge >= 0.3 is 0 Å². The molecule has 1 aromatic rings. The fourth-order valence-corrected chi connectivity index (χ4v) is 1.32. The van der Waals surface area contributed by atoms with Crippen molar-refractivity contribution in [2.75, 3.05) is 33.1 Å². The van der Waals surface area contributed by atoms with Crippen LogP contribution in [0.1, 0.15) is 6.92 Å². The number of anilines is 1. The van der Waals surface area contributed by atoms with Crippen molar-refractivity contribution in [1.82, 2.24) is 5.32 Å². The van der Waals surface area contributed by atoms with Crippen molar-refractivity contribution in [3.63, 3.8) is 0 Å². The Morgan fingerprint density at radius 1 is 1.25 bits per heavy atom. The van der Waals surface area contributed by atoms with E-state index in [4.69, 9.17) is 9.47 Å². The molecule has 1 unspecified atom stereocenters. The highest BCUT2D eigenvalue weighted by atomic mass is 16.5. The Hall–Kier alpha value is -1.42. The first-order valence-corrected chi connectivity index (χ1v) is 5.34. The van der Waals surface area contributed by atoms with Crippen LogP contribution in [0.2, 0.25) is 0 Å². The Morgan fingerprint density at radius 2 is 2.00 bits per heavy atom. The Bertz CT molecular complexity index is 329. The lowest BCUT2D eigenvalue weighted by atomic mass is 10.2. The molecule has 0 aromatic heterocycles. The number of benzene rings is 1. The van der Waals surface area contributed by atoms with Gasteiger partial charge in [-0.25, -0.2) is 0 Å². The molecule has 0 aliphatic heterocycles. The molecular formula is C12H20N2O2. The molecule has 0 aliphatic carbocycles. The Labute approximate surface area is 96.9 Å². The van der Waals surface area contributed by atoms with Crippen LogP contribution in [0, 0.1) is 0 Å². The molecule has 0 bridgehead atoms. The highest BCUT2D eigenvalue weighted by Gasteiger charge is 2.05. The van der Waals surface area contributed by atoms with Crippen LogP contribution in [0.15, 0.2) is 18.2 Å². The normalized spacial score (nSPS) is 12.0. The molecule has 2 N–H and O–H groups in total. The van der Waals surface area contributed by atoms with E-state index in [9.17, 15) is 0 Å². The Balaban J connectivity index is 2.75. The summed E-state index contributed by atoms with van der Waals surface area (Å²) in [7, 11) is 5.26. The maximum absolute atomic E-state index is 5.27. The van der Waals surface area contributed by atoms with Crippen molar-refractivity contribution in [3.8, 4) is 11.5 Å². The van der Waals surface area contributed by atoms with E-state index in [1.807, 2.05) is 25.2 Å². The predicted molar refractivity (Wildman–Crippen MR) is 66.6 cm³/mol. The van der Waals surface area contributed by atoms with E-state index in [-0.39, 0.29) is 0 Å². The molecule has 4 nitrogen and oxygen atoms in total. The molecule has 16 heavy (non-hydrogen) atoms. The molecule has 0 fully saturated rings. The van der Waals surface area contributed by atoms with E-state index in [1.165, 1.54) is 0 Å². The first kappa shape index (κ1) is 12.6. The number of hydrogen-bond acceptors (Lipinski definition) is 4. The minimum absolute atomic E-state index is 0.399. The fraction of sp³-hybridized carbons (Fsp3) is 0.500. The van der Waals surface area contributed by atoms with Crippen LogP contribution in [0.4, 0.5) is 5.69 Å². The highest BCUT2D eigenvalue weighted by molar-refractivity contribution is 5.59. The molecule has 0 amide bonds. The summed E-state index contributed by atoms with van der Waals surface area (Å²) >= 11 is 0. The molecule has 0 spiro atoms. The molecule has 0 radical (unpaired) electrons. The minimum atomic E-state index is 0.399. The van der Waals surface area contributed by atoms with Crippen molar-refractivity contribution >= 4 is 5.69 Å². The lowest BCUT2D eigenvalue weighted by molar-refractivity contribution is 0.404. The van der Waals surface area contributed by atoms with Crippen LogP contribution in [-0.4, -0.2) is 33.9 Å². The third kappa shape index (κ3) is 3.31. The first-order chi connectivity index (χ1) is 7.71. The van der Waals surface area contributed by atoms with Gasteiger partial charge in [-0.2, -0.15) is 0 Å². The summed E-state index contributed by atoms with van der Waals surface area (Å²) in [5.41, 5.74) is 0.948. The van der Waals surface area contributed by atoms with Gasteiger partial charge in [0.05, 0.1) is 19.9 Å². The van der Waals surface area contributed by atoms with Crippen molar-refractivity contribution in [3.05, 3.63) is 18.2 Å². The van der Waals surface area contributed by atoms with Crippen molar-refractivity contribution in [2.45, 2.75) is 13.0 Å². The molecule has 0 aliphatic rings. The summed E-state index contributed by atoms with van der Waals surface area (Å²) < 4.78 is 10.4.